The molecule has 3 amide bonds. The van der Waals surface area contributed by atoms with Crippen LogP contribution in [0, 0.1) is 0 Å². The van der Waals surface area contributed by atoms with Crippen molar-refractivity contribution < 1.29 is 14.4 Å². The monoisotopic (exact) mass is 347 g/mol. The molecular weight excluding hydrogens is 318 g/mol. The van der Waals surface area contributed by atoms with Gasteiger partial charge in [0.15, 0.2) is 0 Å². The standard InChI is InChI=1S/C19H29N3O3/c1-4-11-22(12-5-2)19(25)10-9-18(24)20-14-16-7-6-8-17(13-16)21-15(3)23/h6-8,13H,4-5,9-12,14H2,1-3H3,(H,20,24)(H,21,23). The molecule has 1 aromatic carbocycles. The molecule has 138 valence electrons. The van der Waals surface area contributed by atoms with Gasteiger partial charge in [0.1, 0.15) is 0 Å². The molecule has 0 fully saturated rings. The number of benzene rings is 1. The summed E-state index contributed by atoms with van der Waals surface area (Å²) in [4.78, 5) is 37.0. The maximum absolute atomic E-state index is 12.2. The van der Waals surface area contributed by atoms with Crippen molar-refractivity contribution >= 4 is 23.4 Å². The predicted octanol–water partition coefficient (Wildman–Crippen LogP) is 2.69. The van der Waals surface area contributed by atoms with Crippen LogP contribution in [0.3, 0.4) is 0 Å². The fourth-order valence-electron chi connectivity index (χ4n) is 2.53. The molecule has 0 bridgehead atoms. The van der Waals surface area contributed by atoms with Gasteiger partial charge in [0.05, 0.1) is 0 Å². The van der Waals surface area contributed by atoms with Crippen LogP contribution in [0.5, 0.6) is 0 Å². The van der Waals surface area contributed by atoms with Crippen molar-refractivity contribution in [2.24, 2.45) is 0 Å². The number of anilines is 1. The maximum atomic E-state index is 12.2. The molecule has 1 aromatic rings. The van der Waals surface area contributed by atoms with E-state index in [0.717, 1.165) is 31.5 Å². The zero-order valence-electron chi connectivity index (χ0n) is 15.4. The number of rotatable bonds is 10. The highest BCUT2D eigenvalue weighted by atomic mass is 16.2. The number of amides is 3. The van der Waals surface area contributed by atoms with Crippen LogP contribution in [0.25, 0.3) is 0 Å². The van der Waals surface area contributed by atoms with Crippen LogP contribution in [0.1, 0.15) is 52.0 Å². The third-order valence-corrected chi connectivity index (χ3v) is 3.64. The Morgan fingerprint density at radius 3 is 2.32 bits per heavy atom. The van der Waals surface area contributed by atoms with Crippen molar-refractivity contribution in [3.8, 4) is 0 Å². The van der Waals surface area contributed by atoms with Crippen LogP contribution in [-0.4, -0.2) is 35.7 Å². The topological polar surface area (TPSA) is 78.5 Å². The number of carbonyl (C=O) groups is 3. The summed E-state index contributed by atoms with van der Waals surface area (Å²) in [5.74, 6) is -0.249. The molecule has 0 heterocycles. The normalized spacial score (nSPS) is 10.2. The summed E-state index contributed by atoms with van der Waals surface area (Å²) in [7, 11) is 0. The molecule has 6 nitrogen and oxygen atoms in total. The molecule has 25 heavy (non-hydrogen) atoms. The van der Waals surface area contributed by atoms with Gasteiger partial charge in [0.2, 0.25) is 17.7 Å². The van der Waals surface area contributed by atoms with E-state index in [4.69, 9.17) is 0 Å². The van der Waals surface area contributed by atoms with E-state index >= 15 is 0 Å². The van der Waals surface area contributed by atoms with Gasteiger partial charge >= 0.3 is 0 Å². The van der Waals surface area contributed by atoms with Crippen LogP contribution in [-0.2, 0) is 20.9 Å². The second-order valence-corrected chi connectivity index (χ2v) is 6.04. The van der Waals surface area contributed by atoms with Crippen molar-refractivity contribution in [2.45, 2.75) is 53.0 Å². The number of carbonyl (C=O) groups excluding carboxylic acids is 3. The minimum atomic E-state index is -0.147. The van der Waals surface area contributed by atoms with Gasteiger partial charge in [0.25, 0.3) is 0 Å². The summed E-state index contributed by atoms with van der Waals surface area (Å²) in [6.45, 7) is 7.38. The van der Waals surface area contributed by atoms with Crippen molar-refractivity contribution in [3.63, 3.8) is 0 Å². The Morgan fingerprint density at radius 1 is 1.04 bits per heavy atom. The minimum Gasteiger partial charge on any atom is -0.352 e. The molecule has 0 aliphatic rings. The predicted molar refractivity (Wildman–Crippen MR) is 99.0 cm³/mol. The molecule has 0 spiro atoms. The minimum absolute atomic E-state index is 0.0338. The summed E-state index contributed by atoms with van der Waals surface area (Å²) in [5, 5.41) is 5.52. The van der Waals surface area contributed by atoms with Gasteiger partial charge in [0, 0.05) is 45.1 Å². The molecule has 0 atom stereocenters. The Bertz CT molecular complexity index is 581. The van der Waals surface area contributed by atoms with Gasteiger partial charge in [-0.05, 0) is 30.5 Å². The largest absolute Gasteiger partial charge is 0.352 e. The second-order valence-electron chi connectivity index (χ2n) is 6.04. The van der Waals surface area contributed by atoms with Crippen LogP contribution < -0.4 is 10.6 Å². The van der Waals surface area contributed by atoms with Crippen LogP contribution in [0.15, 0.2) is 24.3 Å². The third kappa shape index (κ3) is 8.33. The lowest BCUT2D eigenvalue weighted by Crippen LogP contribution is -2.33. The summed E-state index contributed by atoms with van der Waals surface area (Å²) in [6.07, 6.45) is 2.26. The first kappa shape index (κ1) is 20.7. The van der Waals surface area contributed by atoms with E-state index in [9.17, 15) is 14.4 Å². The average molecular weight is 347 g/mol. The number of hydrogen-bond acceptors (Lipinski definition) is 3. The first-order valence-electron chi connectivity index (χ1n) is 8.87. The fraction of sp³-hybridized carbons (Fsp3) is 0.526. The second kappa shape index (κ2) is 11.2. The van der Waals surface area contributed by atoms with E-state index in [1.807, 2.05) is 36.9 Å². The lowest BCUT2D eigenvalue weighted by Gasteiger charge is -2.21. The summed E-state index contributed by atoms with van der Waals surface area (Å²) >= 11 is 0. The quantitative estimate of drug-likeness (QED) is 0.683. The Balaban J connectivity index is 2.42. The molecule has 0 radical (unpaired) electrons. The summed E-state index contributed by atoms with van der Waals surface area (Å²) < 4.78 is 0. The Hall–Kier alpha value is -2.37. The lowest BCUT2D eigenvalue weighted by atomic mass is 10.2. The van der Waals surface area contributed by atoms with Gasteiger partial charge in [-0.1, -0.05) is 26.0 Å². The van der Waals surface area contributed by atoms with E-state index < -0.39 is 0 Å². The first-order valence-corrected chi connectivity index (χ1v) is 8.87. The summed E-state index contributed by atoms with van der Waals surface area (Å²) in [5.41, 5.74) is 1.59. The zero-order chi connectivity index (χ0) is 18.7. The average Bonchev–Trinajstić information content (AvgIpc) is 2.57. The molecule has 0 aliphatic heterocycles. The Morgan fingerprint density at radius 2 is 1.72 bits per heavy atom. The highest BCUT2D eigenvalue weighted by Crippen LogP contribution is 2.10. The van der Waals surface area contributed by atoms with Crippen molar-refractivity contribution in [1.82, 2.24) is 10.2 Å². The van der Waals surface area contributed by atoms with Gasteiger partial charge < -0.3 is 15.5 Å². The van der Waals surface area contributed by atoms with Gasteiger partial charge in [-0.3, -0.25) is 14.4 Å². The number of nitrogens with zero attached hydrogens (tertiary/aromatic N) is 1. The highest BCUT2D eigenvalue weighted by Gasteiger charge is 2.13. The molecule has 1 rings (SSSR count). The van der Waals surface area contributed by atoms with Crippen LogP contribution >= 0.6 is 0 Å². The maximum Gasteiger partial charge on any atom is 0.223 e. The van der Waals surface area contributed by atoms with E-state index in [1.165, 1.54) is 6.92 Å². The smallest absolute Gasteiger partial charge is 0.223 e. The Kier molecular flexibility index (Phi) is 9.29. The van der Waals surface area contributed by atoms with E-state index in [2.05, 4.69) is 10.6 Å². The van der Waals surface area contributed by atoms with E-state index in [0.29, 0.717) is 12.2 Å². The van der Waals surface area contributed by atoms with Gasteiger partial charge in [-0.25, -0.2) is 0 Å². The van der Waals surface area contributed by atoms with Gasteiger partial charge in [-0.2, -0.15) is 0 Å². The van der Waals surface area contributed by atoms with E-state index in [-0.39, 0.29) is 30.6 Å². The van der Waals surface area contributed by atoms with Crippen LogP contribution in [0.2, 0.25) is 0 Å². The molecule has 0 saturated carbocycles. The zero-order valence-corrected chi connectivity index (χ0v) is 15.4. The van der Waals surface area contributed by atoms with Crippen molar-refractivity contribution in [3.05, 3.63) is 29.8 Å². The first-order chi connectivity index (χ1) is 12.0. The van der Waals surface area contributed by atoms with Crippen LogP contribution in [0.4, 0.5) is 5.69 Å². The molecule has 0 aliphatic carbocycles. The molecule has 0 saturated heterocycles. The third-order valence-electron chi connectivity index (χ3n) is 3.64. The van der Waals surface area contributed by atoms with Crippen molar-refractivity contribution in [2.75, 3.05) is 18.4 Å². The Labute approximate surface area is 150 Å². The molecule has 6 heteroatoms. The summed E-state index contributed by atoms with van der Waals surface area (Å²) in [6, 6.07) is 7.31. The van der Waals surface area contributed by atoms with E-state index in [1.54, 1.807) is 6.07 Å². The number of nitrogens with one attached hydrogen (secondary N) is 2. The molecule has 0 aromatic heterocycles. The lowest BCUT2D eigenvalue weighted by molar-refractivity contribution is -0.133. The molecule has 2 N–H and O–H groups in total. The van der Waals surface area contributed by atoms with Crippen molar-refractivity contribution in [1.29, 1.82) is 0 Å². The fourth-order valence-corrected chi connectivity index (χ4v) is 2.53. The highest BCUT2D eigenvalue weighted by molar-refractivity contribution is 5.88. The molecular formula is C19H29N3O3. The molecule has 0 unspecified atom stereocenters. The SMILES string of the molecule is CCCN(CCC)C(=O)CCC(=O)NCc1cccc(NC(C)=O)c1. The number of hydrogen-bond donors (Lipinski definition) is 2. The van der Waals surface area contributed by atoms with Gasteiger partial charge in [-0.15, -0.1) is 0 Å².